The Bertz CT molecular complexity index is 795. The van der Waals surface area contributed by atoms with Crippen LogP contribution in [0.25, 0.3) is 0 Å². The summed E-state index contributed by atoms with van der Waals surface area (Å²) in [7, 11) is 3.38. The number of amides is 2. The maximum absolute atomic E-state index is 13.2. The molecule has 1 spiro atoms. The Labute approximate surface area is 158 Å². The Morgan fingerprint density at radius 1 is 1.52 bits per heavy atom. The highest BCUT2D eigenvalue weighted by Crippen LogP contribution is 2.52. The van der Waals surface area contributed by atoms with Crippen LogP contribution in [0.3, 0.4) is 0 Å². The molecule has 2 fully saturated rings. The summed E-state index contributed by atoms with van der Waals surface area (Å²) >= 11 is 0. The molecule has 0 aliphatic carbocycles. The van der Waals surface area contributed by atoms with Gasteiger partial charge in [-0.3, -0.25) is 14.6 Å². The number of rotatable bonds is 6. The fourth-order valence-corrected chi connectivity index (χ4v) is 4.49. The van der Waals surface area contributed by atoms with Crippen LogP contribution in [0.5, 0.6) is 0 Å². The number of carbonyl (C=O) groups is 2. The third-order valence-corrected chi connectivity index (χ3v) is 5.91. The lowest BCUT2D eigenvalue weighted by molar-refractivity contribution is -0.142. The van der Waals surface area contributed by atoms with E-state index in [-0.39, 0.29) is 17.9 Å². The second-order valence-electron chi connectivity index (χ2n) is 7.61. The van der Waals surface area contributed by atoms with Crippen molar-refractivity contribution in [1.29, 1.82) is 0 Å². The minimum atomic E-state index is -0.669. The van der Waals surface area contributed by atoms with Crippen LogP contribution in [0.1, 0.15) is 11.3 Å². The van der Waals surface area contributed by atoms with Gasteiger partial charge in [0.25, 0.3) is 0 Å². The molecule has 4 atom stereocenters. The molecule has 0 unspecified atom stereocenters. The van der Waals surface area contributed by atoms with Crippen molar-refractivity contribution in [2.45, 2.75) is 25.2 Å². The van der Waals surface area contributed by atoms with Crippen LogP contribution >= 0.6 is 0 Å². The second-order valence-corrected chi connectivity index (χ2v) is 7.61. The summed E-state index contributed by atoms with van der Waals surface area (Å²) in [5.41, 5.74) is 1.24. The Morgan fingerprint density at radius 3 is 3.07 bits per heavy atom. The molecule has 144 valence electrons. The van der Waals surface area contributed by atoms with Gasteiger partial charge in [0, 0.05) is 26.9 Å². The number of hydrogen-bond acceptors (Lipinski definition) is 5. The average molecular weight is 371 g/mol. The van der Waals surface area contributed by atoms with Crippen LogP contribution < -0.4 is 0 Å². The Balaban J connectivity index is 1.53. The number of aromatic nitrogens is 1. The van der Waals surface area contributed by atoms with E-state index in [2.05, 4.69) is 4.98 Å². The van der Waals surface area contributed by atoms with E-state index in [0.29, 0.717) is 26.2 Å². The molecule has 1 aromatic heterocycles. The standard InChI is InChI=1S/C20H25N3O4/c1-13-5-4-8-21-14(13)11-22(2)18(24)16-15-6-7-20(27-15)12-23(9-10-26-3)19(25)17(16)20/h4-8,15-17H,9-12H2,1-3H3/t15-,16-,17+,20-/m0/s1. The number of nitrogens with zero attached hydrogens (tertiary/aromatic N) is 3. The Morgan fingerprint density at radius 2 is 2.33 bits per heavy atom. The topological polar surface area (TPSA) is 72.0 Å². The van der Waals surface area contributed by atoms with E-state index in [1.165, 1.54) is 0 Å². The van der Waals surface area contributed by atoms with E-state index in [0.717, 1.165) is 11.3 Å². The molecule has 3 aliphatic heterocycles. The zero-order valence-corrected chi connectivity index (χ0v) is 15.9. The molecular weight excluding hydrogens is 346 g/mol. The van der Waals surface area contributed by atoms with Crippen molar-refractivity contribution in [3.8, 4) is 0 Å². The normalized spacial score (nSPS) is 30.9. The Kier molecular flexibility index (Phi) is 4.52. The van der Waals surface area contributed by atoms with Gasteiger partial charge in [-0.25, -0.2) is 0 Å². The predicted octanol–water partition coefficient (Wildman–Crippen LogP) is 0.777. The van der Waals surface area contributed by atoms with Crippen LogP contribution in [0, 0.1) is 18.8 Å². The smallest absolute Gasteiger partial charge is 0.230 e. The molecule has 7 heteroatoms. The maximum Gasteiger partial charge on any atom is 0.230 e. The zero-order chi connectivity index (χ0) is 19.2. The van der Waals surface area contributed by atoms with Crippen molar-refractivity contribution in [1.82, 2.24) is 14.8 Å². The summed E-state index contributed by atoms with van der Waals surface area (Å²) in [4.78, 5) is 34.0. The minimum absolute atomic E-state index is 0.0142. The minimum Gasteiger partial charge on any atom is -0.383 e. The van der Waals surface area contributed by atoms with Crippen molar-refractivity contribution >= 4 is 11.8 Å². The second kappa shape index (κ2) is 6.73. The van der Waals surface area contributed by atoms with Gasteiger partial charge in [-0.1, -0.05) is 18.2 Å². The molecule has 2 bridgehead atoms. The molecule has 1 aromatic rings. The molecule has 0 radical (unpaired) electrons. The summed E-state index contributed by atoms with van der Waals surface area (Å²) in [5, 5.41) is 0. The highest BCUT2D eigenvalue weighted by atomic mass is 16.5. The van der Waals surface area contributed by atoms with Crippen molar-refractivity contribution < 1.29 is 19.1 Å². The number of methoxy groups -OCH3 is 1. The number of hydrogen-bond donors (Lipinski definition) is 0. The molecule has 27 heavy (non-hydrogen) atoms. The molecule has 0 aromatic carbocycles. The fraction of sp³-hybridized carbons (Fsp3) is 0.550. The van der Waals surface area contributed by atoms with Crippen molar-refractivity contribution in [3.05, 3.63) is 41.7 Å². The van der Waals surface area contributed by atoms with Gasteiger partial charge in [-0.2, -0.15) is 0 Å². The van der Waals surface area contributed by atoms with E-state index in [4.69, 9.17) is 9.47 Å². The number of fused-ring (bicyclic) bond motifs is 1. The van der Waals surface area contributed by atoms with Crippen LogP contribution in [0.15, 0.2) is 30.5 Å². The number of likely N-dealkylation sites (tertiary alicyclic amines) is 1. The molecule has 4 heterocycles. The van der Waals surface area contributed by atoms with Gasteiger partial charge in [-0.05, 0) is 18.6 Å². The number of carbonyl (C=O) groups excluding carboxylic acids is 2. The van der Waals surface area contributed by atoms with Gasteiger partial charge in [0.15, 0.2) is 0 Å². The summed E-state index contributed by atoms with van der Waals surface area (Å²) in [5.74, 6) is -1.02. The van der Waals surface area contributed by atoms with E-state index < -0.39 is 17.4 Å². The molecular formula is C20H25N3O4. The largest absolute Gasteiger partial charge is 0.383 e. The van der Waals surface area contributed by atoms with Gasteiger partial charge < -0.3 is 19.3 Å². The molecule has 0 saturated carbocycles. The lowest BCUT2D eigenvalue weighted by Gasteiger charge is -2.28. The molecule has 2 amide bonds. The predicted molar refractivity (Wildman–Crippen MR) is 97.6 cm³/mol. The third kappa shape index (κ3) is 2.85. The third-order valence-electron chi connectivity index (χ3n) is 5.91. The molecule has 3 aliphatic rings. The van der Waals surface area contributed by atoms with Gasteiger partial charge >= 0.3 is 0 Å². The van der Waals surface area contributed by atoms with Gasteiger partial charge in [-0.15, -0.1) is 0 Å². The number of ether oxygens (including phenoxy) is 2. The highest BCUT2D eigenvalue weighted by molar-refractivity contribution is 5.93. The summed E-state index contributed by atoms with van der Waals surface area (Å²) < 4.78 is 11.3. The first-order valence-electron chi connectivity index (χ1n) is 9.27. The van der Waals surface area contributed by atoms with Gasteiger partial charge in [0.2, 0.25) is 11.8 Å². The monoisotopic (exact) mass is 371 g/mol. The van der Waals surface area contributed by atoms with Gasteiger partial charge in [0.05, 0.1) is 43.3 Å². The zero-order valence-electron chi connectivity index (χ0n) is 15.9. The molecule has 0 N–H and O–H groups in total. The summed E-state index contributed by atoms with van der Waals surface area (Å²) in [6.07, 6.45) is 5.31. The first-order chi connectivity index (χ1) is 13.0. The highest BCUT2D eigenvalue weighted by Gasteiger charge is 2.66. The Hall–Kier alpha value is -2.25. The first-order valence-corrected chi connectivity index (χ1v) is 9.27. The van der Waals surface area contributed by atoms with Crippen LogP contribution in [0.4, 0.5) is 0 Å². The van der Waals surface area contributed by atoms with Crippen molar-refractivity contribution in [3.63, 3.8) is 0 Å². The summed E-state index contributed by atoms with van der Waals surface area (Å²) in [6.45, 7) is 3.87. The van der Waals surface area contributed by atoms with E-state index >= 15 is 0 Å². The fourth-order valence-electron chi connectivity index (χ4n) is 4.49. The van der Waals surface area contributed by atoms with E-state index in [9.17, 15) is 9.59 Å². The first kappa shape index (κ1) is 18.1. The van der Waals surface area contributed by atoms with Crippen LogP contribution in [0.2, 0.25) is 0 Å². The summed E-state index contributed by atoms with van der Waals surface area (Å²) in [6, 6.07) is 3.86. The lowest BCUT2D eigenvalue weighted by Crippen LogP contribution is -2.44. The van der Waals surface area contributed by atoms with E-state index in [1.807, 2.05) is 31.2 Å². The SMILES string of the molecule is COCCN1C[C@]23C=C[C@H](O2)[C@H](C(=O)N(C)Cc2ncccc2C)[C@@H]3C1=O. The van der Waals surface area contributed by atoms with Crippen LogP contribution in [-0.2, 0) is 25.6 Å². The van der Waals surface area contributed by atoms with E-state index in [1.54, 1.807) is 30.2 Å². The lowest BCUT2D eigenvalue weighted by atomic mass is 9.76. The maximum atomic E-state index is 13.2. The molecule has 7 nitrogen and oxygen atoms in total. The van der Waals surface area contributed by atoms with Crippen molar-refractivity contribution in [2.24, 2.45) is 11.8 Å². The van der Waals surface area contributed by atoms with Gasteiger partial charge in [0.1, 0.15) is 5.60 Å². The van der Waals surface area contributed by atoms with Crippen LogP contribution in [-0.4, -0.2) is 72.2 Å². The molecule has 4 rings (SSSR count). The average Bonchev–Trinajstić information content (AvgIpc) is 3.29. The molecule has 2 saturated heterocycles. The quantitative estimate of drug-likeness (QED) is 0.691. The number of aryl methyl sites for hydroxylation is 1. The number of pyridine rings is 1. The van der Waals surface area contributed by atoms with Crippen molar-refractivity contribution in [2.75, 3.05) is 33.9 Å².